The Hall–Kier alpha value is -1.26. The Kier molecular flexibility index (Phi) is 4.55. The van der Waals surface area contributed by atoms with E-state index in [1.165, 1.54) is 0 Å². The molecule has 0 radical (unpaired) electrons. The largest absolute Gasteiger partial charge is 0.344 e. The molecule has 0 aromatic heterocycles. The lowest BCUT2D eigenvalue weighted by molar-refractivity contribution is -0.126. The van der Waals surface area contributed by atoms with Crippen LogP contribution < -0.4 is 10.2 Å². The smallest absolute Gasteiger partial charge is 0.249 e. The highest BCUT2D eigenvalue weighted by Crippen LogP contribution is 2.27. The highest BCUT2D eigenvalue weighted by atomic mass is 35.5. The van der Waals surface area contributed by atoms with Gasteiger partial charge in [0.15, 0.2) is 0 Å². The lowest BCUT2D eigenvalue weighted by atomic mass is 10.0. The van der Waals surface area contributed by atoms with Gasteiger partial charge >= 0.3 is 0 Å². The second kappa shape index (κ2) is 6.02. The fourth-order valence-electron chi connectivity index (χ4n) is 2.20. The molecule has 20 heavy (non-hydrogen) atoms. The number of halogens is 2. The van der Waals surface area contributed by atoms with E-state index in [9.17, 15) is 9.59 Å². The Balaban J connectivity index is 2.38. The van der Waals surface area contributed by atoms with Crippen molar-refractivity contribution in [1.82, 2.24) is 5.32 Å². The first-order chi connectivity index (χ1) is 9.38. The maximum atomic E-state index is 12.6. The first kappa shape index (κ1) is 15.1. The highest BCUT2D eigenvalue weighted by molar-refractivity contribution is 6.35. The van der Waals surface area contributed by atoms with Crippen LogP contribution in [0.4, 0.5) is 5.69 Å². The van der Waals surface area contributed by atoms with Crippen LogP contribution in [0.15, 0.2) is 18.2 Å². The number of hydrogen-bond donors (Lipinski definition) is 1. The van der Waals surface area contributed by atoms with Crippen LogP contribution in [0.3, 0.4) is 0 Å². The van der Waals surface area contributed by atoms with Gasteiger partial charge in [0.05, 0.1) is 0 Å². The zero-order valence-electron chi connectivity index (χ0n) is 11.3. The number of carbonyl (C=O) groups is 2. The molecule has 1 saturated heterocycles. The van der Waals surface area contributed by atoms with Crippen molar-refractivity contribution in [3.05, 3.63) is 28.2 Å². The number of nitrogens with one attached hydrogen (secondary N) is 1. The Bertz CT molecular complexity index is 526. The van der Waals surface area contributed by atoms with Gasteiger partial charge < -0.3 is 10.2 Å². The number of hydrogen-bond acceptors (Lipinski definition) is 2. The first-order valence-electron chi connectivity index (χ1n) is 6.45. The summed E-state index contributed by atoms with van der Waals surface area (Å²) in [6.45, 7) is 4.12. The Morgan fingerprint density at radius 1 is 1.20 bits per heavy atom. The summed E-state index contributed by atoms with van der Waals surface area (Å²) in [6.07, 6.45) is 0.263. The maximum Gasteiger partial charge on any atom is 0.249 e. The molecule has 1 fully saturated rings. The van der Waals surface area contributed by atoms with Gasteiger partial charge in [-0.25, -0.2) is 0 Å². The summed E-state index contributed by atoms with van der Waals surface area (Å²) in [5.74, 6) is -0.237. The third kappa shape index (κ3) is 3.25. The second-order valence-electron chi connectivity index (χ2n) is 5.16. The summed E-state index contributed by atoms with van der Waals surface area (Å²) in [7, 11) is 0. The van der Waals surface area contributed by atoms with Crippen LogP contribution in [0.5, 0.6) is 0 Å². The van der Waals surface area contributed by atoms with E-state index in [4.69, 9.17) is 23.2 Å². The van der Waals surface area contributed by atoms with Crippen molar-refractivity contribution < 1.29 is 9.59 Å². The van der Waals surface area contributed by atoms with Crippen molar-refractivity contribution >= 4 is 40.7 Å². The van der Waals surface area contributed by atoms with Gasteiger partial charge in [-0.1, -0.05) is 37.0 Å². The van der Waals surface area contributed by atoms with E-state index in [1.807, 2.05) is 13.8 Å². The normalized spacial score (nSPS) is 20.1. The second-order valence-corrected chi connectivity index (χ2v) is 6.03. The van der Waals surface area contributed by atoms with Crippen LogP contribution in [0.2, 0.25) is 10.0 Å². The number of carbonyl (C=O) groups excluding carboxylic acids is 2. The topological polar surface area (TPSA) is 49.4 Å². The van der Waals surface area contributed by atoms with E-state index < -0.39 is 6.04 Å². The van der Waals surface area contributed by atoms with Crippen molar-refractivity contribution in [2.24, 2.45) is 5.92 Å². The molecule has 2 amide bonds. The summed E-state index contributed by atoms with van der Waals surface area (Å²) in [4.78, 5) is 25.9. The zero-order valence-corrected chi connectivity index (χ0v) is 12.8. The summed E-state index contributed by atoms with van der Waals surface area (Å²) in [6, 6.07) is 4.44. The molecule has 0 spiro atoms. The van der Waals surface area contributed by atoms with Crippen LogP contribution >= 0.6 is 23.2 Å². The molecule has 1 aromatic carbocycles. The highest BCUT2D eigenvalue weighted by Gasteiger charge is 2.32. The van der Waals surface area contributed by atoms with Crippen LogP contribution in [0.1, 0.15) is 20.3 Å². The molecule has 1 heterocycles. The minimum atomic E-state index is -0.525. The Morgan fingerprint density at radius 3 is 2.35 bits per heavy atom. The summed E-state index contributed by atoms with van der Waals surface area (Å²) < 4.78 is 0. The molecule has 4 nitrogen and oxygen atoms in total. The summed E-state index contributed by atoms with van der Waals surface area (Å²) >= 11 is 12.0. The third-order valence-corrected chi connectivity index (χ3v) is 3.67. The summed E-state index contributed by atoms with van der Waals surface area (Å²) in [5.41, 5.74) is 0.620. The lowest BCUT2D eigenvalue weighted by Crippen LogP contribution is -2.47. The van der Waals surface area contributed by atoms with Crippen molar-refractivity contribution in [3.63, 3.8) is 0 Å². The van der Waals surface area contributed by atoms with E-state index in [1.54, 1.807) is 23.1 Å². The van der Waals surface area contributed by atoms with Crippen molar-refractivity contribution in [3.8, 4) is 0 Å². The molecule has 0 aliphatic carbocycles. The number of nitrogens with zero attached hydrogens (tertiary/aromatic N) is 1. The molecule has 1 aromatic rings. The first-order valence-corrected chi connectivity index (χ1v) is 7.21. The van der Waals surface area contributed by atoms with Crippen molar-refractivity contribution in [2.45, 2.75) is 26.3 Å². The average Bonchev–Trinajstić information content (AvgIpc) is 2.48. The van der Waals surface area contributed by atoms with Crippen molar-refractivity contribution in [2.75, 3.05) is 11.4 Å². The monoisotopic (exact) mass is 314 g/mol. The van der Waals surface area contributed by atoms with Crippen LogP contribution in [0, 0.1) is 5.92 Å². The van der Waals surface area contributed by atoms with Gasteiger partial charge in [-0.3, -0.25) is 9.59 Å². The standard InChI is InChI=1S/C14H16Cl2N2O2/c1-8(2)13-14(20)18(4-3-12(19)17-13)11-6-9(15)5-10(16)7-11/h5-8,13H,3-4H2,1-2H3,(H,17,19). The molecule has 0 saturated carbocycles. The van der Waals surface area contributed by atoms with Crippen LogP contribution in [0.25, 0.3) is 0 Å². The maximum absolute atomic E-state index is 12.6. The van der Waals surface area contributed by atoms with E-state index in [2.05, 4.69) is 5.32 Å². The number of benzene rings is 1. The fraction of sp³-hybridized carbons (Fsp3) is 0.429. The predicted molar refractivity (Wildman–Crippen MR) is 80.2 cm³/mol. The molecular weight excluding hydrogens is 299 g/mol. The van der Waals surface area contributed by atoms with Crippen molar-refractivity contribution in [1.29, 1.82) is 0 Å². The van der Waals surface area contributed by atoms with Crippen LogP contribution in [-0.4, -0.2) is 24.4 Å². The van der Waals surface area contributed by atoms with Gasteiger partial charge in [-0.05, 0) is 24.1 Å². The minimum absolute atomic E-state index is 0.0155. The fourth-order valence-corrected chi connectivity index (χ4v) is 2.72. The SMILES string of the molecule is CC(C)C1NC(=O)CCN(c2cc(Cl)cc(Cl)c2)C1=O. The molecule has 0 bridgehead atoms. The Labute approximate surface area is 128 Å². The summed E-state index contributed by atoms with van der Waals surface area (Å²) in [5, 5.41) is 3.69. The molecule has 108 valence electrons. The number of anilines is 1. The van der Waals surface area contributed by atoms with Gasteiger partial charge in [0.25, 0.3) is 0 Å². The number of amides is 2. The quantitative estimate of drug-likeness (QED) is 0.912. The van der Waals surface area contributed by atoms with Gasteiger partial charge in [0.2, 0.25) is 11.8 Å². The zero-order chi connectivity index (χ0) is 14.9. The molecule has 2 rings (SSSR count). The van der Waals surface area contributed by atoms with Gasteiger partial charge in [0, 0.05) is 28.7 Å². The lowest BCUT2D eigenvalue weighted by Gasteiger charge is -2.26. The molecule has 1 aliphatic heterocycles. The minimum Gasteiger partial charge on any atom is -0.344 e. The molecule has 1 unspecified atom stereocenters. The van der Waals surface area contributed by atoms with Gasteiger partial charge in [-0.2, -0.15) is 0 Å². The Morgan fingerprint density at radius 2 is 1.80 bits per heavy atom. The van der Waals surface area contributed by atoms with E-state index in [0.29, 0.717) is 22.3 Å². The van der Waals surface area contributed by atoms with E-state index >= 15 is 0 Å². The molecular formula is C14H16Cl2N2O2. The molecule has 1 atom stereocenters. The number of rotatable bonds is 2. The van der Waals surface area contributed by atoms with Crippen LogP contribution in [-0.2, 0) is 9.59 Å². The van der Waals surface area contributed by atoms with E-state index in [-0.39, 0.29) is 24.2 Å². The third-order valence-electron chi connectivity index (χ3n) is 3.24. The predicted octanol–water partition coefficient (Wildman–Crippen LogP) is 2.87. The average molecular weight is 315 g/mol. The molecule has 1 N–H and O–H groups in total. The molecule has 1 aliphatic rings. The molecule has 6 heteroatoms. The van der Waals surface area contributed by atoms with Gasteiger partial charge in [-0.15, -0.1) is 0 Å². The van der Waals surface area contributed by atoms with Gasteiger partial charge in [0.1, 0.15) is 6.04 Å². The van der Waals surface area contributed by atoms with E-state index in [0.717, 1.165) is 0 Å².